The summed E-state index contributed by atoms with van der Waals surface area (Å²) >= 11 is 0. The molecule has 0 aromatic heterocycles. The third kappa shape index (κ3) is 1.97. The van der Waals surface area contributed by atoms with E-state index in [0.29, 0.717) is 18.3 Å². The second kappa shape index (κ2) is 4.66. The number of aliphatic carboxylic acids is 2. The van der Waals surface area contributed by atoms with Crippen LogP contribution in [-0.2, 0) is 9.59 Å². The maximum Gasteiger partial charge on any atom is 0.308 e. The number of hydrogen-bond acceptors (Lipinski definition) is 2. The van der Waals surface area contributed by atoms with Crippen LogP contribution in [0.5, 0.6) is 0 Å². The van der Waals surface area contributed by atoms with Gasteiger partial charge in [-0.05, 0) is 30.1 Å². The lowest BCUT2D eigenvalue weighted by atomic mass is 9.70. The molecular formula is C15H22O4. The fourth-order valence-corrected chi connectivity index (χ4v) is 4.31. The molecule has 0 spiro atoms. The molecule has 0 aromatic rings. The zero-order valence-corrected chi connectivity index (χ0v) is 11.9. The molecule has 4 unspecified atom stereocenters. The van der Waals surface area contributed by atoms with Crippen molar-refractivity contribution in [3.63, 3.8) is 0 Å². The standard InChI is InChI=1S/C15H22O4/c1-6(2)10-8-5-9(11(10)7(3)4)13(15(18)19)12(8)14(16)17/h6-9,12-13H,5H2,1-4H3,(H,16,17)(H,18,19). The Balaban J connectivity index is 2.52. The highest BCUT2D eigenvalue weighted by atomic mass is 16.4. The summed E-state index contributed by atoms with van der Waals surface area (Å²) in [4.78, 5) is 22.9. The van der Waals surface area contributed by atoms with Crippen LogP contribution < -0.4 is 0 Å². The lowest BCUT2D eigenvalue weighted by molar-refractivity contribution is -0.154. The van der Waals surface area contributed by atoms with Gasteiger partial charge < -0.3 is 10.2 Å². The predicted molar refractivity (Wildman–Crippen MR) is 70.6 cm³/mol. The summed E-state index contributed by atoms with van der Waals surface area (Å²) < 4.78 is 0. The number of allylic oxidation sites excluding steroid dienone is 2. The first kappa shape index (κ1) is 14.1. The number of fused-ring (bicyclic) bond motifs is 2. The number of carboxylic acid groups (broad SMARTS) is 2. The van der Waals surface area contributed by atoms with E-state index in [9.17, 15) is 19.8 Å². The van der Waals surface area contributed by atoms with E-state index in [0.717, 1.165) is 0 Å². The maximum absolute atomic E-state index is 11.5. The largest absolute Gasteiger partial charge is 0.481 e. The average Bonchev–Trinajstić information content (AvgIpc) is 2.81. The first-order chi connectivity index (χ1) is 8.77. The Hall–Kier alpha value is -1.32. The topological polar surface area (TPSA) is 74.6 Å². The summed E-state index contributed by atoms with van der Waals surface area (Å²) in [6.07, 6.45) is 0.703. The summed E-state index contributed by atoms with van der Waals surface area (Å²) in [7, 11) is 0. The monoisotopic (exact) mass is 266 g/mol. The molecule has 0 saturated heterocycles. The van der Waals surface area contributed by atoms with Crippen LogP contribution >= 0.6 is 0 Å². The van der Waals surface area contributed by atoms with E-state index < -0.39 is 23.8 Å². The molecule has 4 atom stereocenters. The summed E-state index contributed by atoms with van der Waals surface area (Å²) in [5.41, 5.74) is 2.43. The number of hydrogen-bond donors (Lipinski definition) is 2. The molecule has 2 rings (SSSR count). The van der Waals surface area contributed by atoms with Gasteiger partial charge in [-0.2, -0.15) is 0 Å². The van der Waals surface area contributed by atoms with E-state index in [1.165, 1.54) is 11.1 Å². The highest BCUT2D eigenvalue weighted by Gasteiger charge is 2.58. The van der Waals surface area contributed by atoms with E-state index >= 15 is 0 Å². The molecule has 4 heteroatoms. The van der Waals surface area contributed by atoms with Crippen LogP contribution in [0.25, 0.3) is 0 Å². The fraction of sp³-hybridized carbons (Fsp3) is 0.733. The highest BCUT2D eigenvalue weighted by molar-refractivity contribution is 5.83. The smallest absolute Gasteiger partial charge is 0.308 e. The van der Waals surface area contributed by atoms with Gasteiger partial charge in [0.1, 0.15) is 0 Å². The lowest BCUT2D eigenvalue weighted by Crippen LogP contribution is -2.37. The van der Waals surface area contributed by atoms with Gasteiger partial charge in [0.25, 0.3) is 0 Å². The molecule has 0 radical (unpaired) electrons. The second-order valence-corrected chi connectivity index (χ2v) is 6.40. The van der Waals surface area contributed by atoms with Crippen LogP contribution in [0.15, 0.2) is 11.1 Å². The first-order valence-electron chi connectivity index (χ1n) is 6.96. The van der Waals surface area contributed by atoms with Crippen LogP contribution in [0, 0.1) is 35.5 Å². The maximum atomic E-state index is 11.5. The molecule has 2 aliphatic carbocycles. The summed E-state index contributed by atoms with van der Waals surface area (Å²) in [5, 5.41) is 18.8. The van der Waals surface area contributed by atoms with E-state index in [4.69, 9.17) is 0 Å². The van der Waals surface area contributed by atoms with Crippen molar-refractivity contribution in [1.82, 2.24) is 0 Å². The Labute approximate surface area is 113 Å². The Kier molecular flexibility index (Phi) is 3.45. The summed E-state index contributed by atoms with van der Waals surface area (Å²) in [6, 6.07) is 0. The third-order valence-corrected chi connectivity index (χ3v) is 4.71. The number of carboxylic acids is 2. The van der Waals surface area contributed by atoms with E-state index in [1.807, 2.05) is 0 Å². The SMILES string of the molecule is CC(C)C1=C(C(C)C)C2CC1C(C(=O)O)C2C(=O)O. The Morgan fingerprint density at radius 3 is 1.42 bits per heavy atom. The molecule has 1 saturated carbocycles. The highest BCUT2D eigenvalue weighted by Crippen LogP contribution is 2.58. The van der Waals surface area contributed by atoms with E-state index in [2.05, 4.69) is 27.7 Å². The normalized spacial score (nSPS) is 33.6. The minimum atomic E-state index is -0.958. The summed E-state index contributed by atoms with van der Waals surface area (Å²) in [5.74, 6) is -2.98. The van der Waals surface area contributed by atoms with Crippen LogP contribution in [0.3, 0.4) is 0 Å². The molecule has 0 aliphatic heterocycles. The van der Waals surface area contributed by atoms with Crippen molar-refractivity contribution in [1.29, 1.82) is 0 Å². The van der Waals surface area contributed by atoms with Gasteiger partial charge in [-0.1, -0.05) is 38.8 Å². The van der Waals surface area contributed by atoms with Crippen molar-refractivity contribution < 1.29 is 19.8 Å². The van der Waals surface area contributed by atoms with Gasteiger partial charge in [-0.3, -0.25) is 9.59 Å². The Bertz CT molecular complexity index is 407. The van der Waals surface area contributed by atoms with Crippen molar-refractivity contribution in [2.45, 2.75) is 34.1 Å². The van der Waals surface area contributed by atoms with Gasteiger partial charge in [0, 0.05) is 0 Å². The van der Waals surface area contributed by atoms with Gasteiger partial charge in [0.2, 0.25) is 0 Å². The van der Waals surface area contributed by atoms with Gasteiger partial charge in [-0.15, -0.1) is 0 Å². The Morgan fingerprint density at radius 1 is 0.895 bits per heavy atom. The second-order valence-electron chi connectivity index (χ2n) is 6.40. The predicted octanol–water partition coefficient (Wildman–Crippen LogP) is 2.65. The molecule has 4 nitrogen and oxygen atoms in total. The third-order valence-electron chi connectivity index (χ3n) is 4.71. The minimum Gasteiger partial charge on any atom is -0.481 e. The molecule has 1 fully saturated rings. The van der Waals surface area contributed by atoms with Crippen molar-refractivity contribution >= 4 is 11.9 Å². The van der Waals surface area contributed by atoms with Crippen molar-refractivity contribution in [2.24, 2.45) is 35.5 Å². The van der Waals surface area contributed by atoms with Crippen LogP contribution in [-0.4, -0.2) is 22.2 Å². The minimum absolute atomic E-state index is 0.0824. The summed E-state index contributed by atoms with van der Waals surface area (Å²) in [6.45, 7) is 8.31. The lowest BCUT2D eigenvalue weighted by Gasteiger charge is -2.33. The quantitative estimate of drug-likeness (QED) is 0.767. The molecule has 19 heavy (non-hydrogen) atoms. The fourth-order valence-electron chi connectivity index (χ4n) is 4.31. The molecule has 2 N–H and O–H groups in total. The van der Waals surface area contributed by atoms with Crippen LogP contribution in [0.2, 0.25) is 0 Å². The molecule has 0 heterocycles. The average molecular weight is 266 g/mol. The van der Waals surface area contributed by atoms with Crippen molar-refractivity contribution in [2.75, 3.05) is 0 Å². The Morgan fingerprint density at radius 2 is 1.21 bits per heavy atom. The van der Waals surface area contributed by atoms with E-state index in [-0.39, 0.29) is 11.8 Å². The van der Waals surface area contributed by atoms with Gasteiger partial charge in [0.15, 0.2) is 0 Å². The number of rotatable bonds is 4. The van der Waals surface area contributed by atoms with Crippen LogP contribution in [0.1, 0.15) is 34.1 Å². The zero-order valence-electron chi connectivity index (χ0n) is 11.9. The van der Waals surface area contributed by atoms with Crippen molar-refractivity contribution in [3.05, 3.63) is 11.1 Å². The molecule has 0 amide bonds. The van der Waals surface area contributed by atoms with Gasteiger partial charge in [-0.25, -0.2) is 0 Å². The van der Waals surface area contributed by atoms with Crippen LogP contribution in [0.4, 0.5) is 0 Å². The zero-order chi connectivity index (χ0) is 14.5. The molecule has 106 valence electrons. The van der Waals surface area contributed by atoms with Crippen molar-refractivity contribution in [3.8, 4) is 0 Å². The van der Waals surface area contributed by atoms with Gasteiger partial charge >= 0.3 is 11.9 Å². The number of carbonyl (C=O) groups is 2. The van der Waals surface area contributed by atoms with E-state index in [1.54, 1.807) is 0 Å². The molecule has 2 aliphatic rings. The molecular weight excluding hydrogens is 244 g/mol. The first-order valence-corrected chi connectivity index (χ1v) is 6.96. The molecule has 0 aromatic carbocycles. The molecule has 2 bridgehead atoms. The van der Waals surface area contributed by atoms with Gasteiger partial charge in [0.05, 0.1) is 11.8 Å².